The van der Waals surface area contributed by atoms with Crippen molar-refractivity contribution in [3.05, 3.63) is 24.3 Å². The number of rotatable bonds is 6. The Labute approximate surface area is 136 Å². The number of benzene rings is 1. The molecule has 6 nitrogen and oxygen atoms in total. The lowest BCUT2D eigenvalue weighted by atomic mass is 9.80. The molecule has 1 amide bonds. The van der Waals surface area contributed by atoms with E-state index in [2.05, 4.69) is 0 Å². The Morgan fingerprint density at radius 3 is 2.22 bits per heavy atom. The zero-order chi connectivity index (χ0) is 16.9. The second kappa shape index (κ2) is 7.35. The van der Waals surface area contributed by atoms with E-state index in [1.165, 1.54) is 4.90 Å². The Bertz CT molecular complexity index is 549. The number of nitrogens with zero attached hydrogens (tertiary/aromatic N) is 1. The first-order chi connectivity index (χ1) is 11.0. The maximum Gasteiger partial charge on any atom is 0.329 e. The molecule has 1 N–H and O–H groups in total. The van der Waals surface area contributed by atoms with Gasteiger partial charge in [-0.05, 0) is 37.1 Å². The van der Waals surface area contributed by atoms with Crippen LogP contribution in [0, 0.1) is 0 Å². The van der Waals surface area contributed by atoms with Gasteiger partial charge in [0.25, 0.3) is 5.91 Å². The number of hydrogen-bond donors (Lipinski definition) is 1. The Morgan fingerprint density at radius 1 is 1.13 bits per heavy atom. The lowest BCUT2D eigenvalue weighted by molar-refractivity contribution is -0.161. The summed E-state index contributed by atoms with van der Waals surface area (Å²) in [5.74, 6) is -0.0176. The quantitative estimate of drug-likeness (QED) is 0.870. The van der Waals surface area contributed by atoms with Crippen LogP contribution >= 0.6 is 0 Å². The first kappa shape index (κ1) is 17.1. The van der Waals surface area contributed by atoms with Crippen LogP contribution in [-0.2, 0) is 9.59 Å². The Balaban J connectivity index is 1.99. The molecule has 1 aromatic rings. The van der Waals surface area contributed by atoms with Gasteiger partial charge >= 0.3 is 5.97 Å². The van der Waals surface area contributed by atoms with Crippen molar-refractivity contribution in [2.75, 3.05) is 20.8 Å². The summed E-state index contributed by atoms with van der Waals surface area (Å²) < 4.78 is 10.5. The van der Waals surface area contributed by atoms with E-state index in [1.807, 2.05) is 0 Å². The standard InChI is InChI=1S/C17H23NO5/c1-18(17(16(20)21)10-4-3-5-11-17)15(19)12-23-14-8-6-13(22-2)7-9-14/h6-9H,3-5,10-12H2,1-2H3,(H,20,21). The van der Waals surface area contributed by atoms with Crippen molar-refractivity contribution in [1.82, 2.24) is 4.90 Å². The van der Waals surface area contributed by atoms with E-state index in [-0.39, 0.29) is 12.5 Å². The summed E-state index contributed by atoms with van der Waals surface area (Å²) in [7, 11) is 3.13. The van der Waals surface area contributed by atoms with Crippen LogP contribution in [0.25, 0.3) is 0 Å². The van der Waals surface area contributed by atoms with Crippen molar-refractivity contribution >= 4 is 11.9 Å². The van der Waals surface area contributed by atoms with E-state index in [0.717, 1.165) is 19.3 Å². The topological polar surface area (TPSA) is 76.1 Å². The van der Waals surface area contributed by atoms with Gasteiger partial charge in [-0.15, -0.1) is 0 Å². The molecule has 0 heterocycles. The van der Waals surface area contributed by atoms with Gasteiger partial charge in [-0.1, -0.05) is 19.3 Å². The largest absolute Gasteiger partial charge is 0.497 e. The molecule has 2 rings (SSSR count). The summed E-state index contributed by atoms with van der Waals surface area (Å²) in [4.78, 5) is 25.4. The third-order valence-electron chi connectivity index (χ3n) is 4.52. The van der Waals surface area contributed by atoms with E-state index in [0.29, 0.717) is 24.3 Å². The molecule has 0 aliphatic heterocycles. The highest BCUT2D eigenvalue weighted by Crippen LogP contribution is 2.33. The maximum absolute atomic E-state index is 12.4. The SMILES string of the molecule is COc1ccc(OCC(=O)N(C)C2(C(=O)O)CCCCC2)cc1. The smallest absolute Gasteiger partial charge is 0.329 e. The predicted molar refractivity (Wildman–Crippen MR) is 84.7 cm³/mol. The van der Waals surface area contributed by atoms with Crippen LogP contribution in [0.5, 0.6) is 11.5 Å². The van der Waals surface area contributed by atoms with Crippen molar-refractivity contribution in [1.29, 1.82) is 0 Å². The van der Waals surface area contributed by atoms with Crippen molar-refractivity contribution in [2.24, 2.45) is 0 Å². The average Bonchev–Trinajstić information content (AvgIpc) is 2.59. The molecule has 126 valence electrons. The van der Waals surface area contributed by atoms with Gasteiger partial charge in [-0.2, -0.15) is 0 Å². The van der Waals surface area contributed by atoms with Gasteiger partial charge in [0.15, 0.2) is 6.61 Å². The summed E-state index contributed by atoms with van der Waals surface area (Å²) in [6.07, 6.45) is 3.64. The minimum Gasteiger partial charge on any atom is -0.497 e. The number of methoxy groups -OCH3 is 1. The highest BCUT2D eigenvalue weighted by molar-refractivity contribution is 5.87. The molecule has 0 radical (unpaired) electrons. The number of carboxylic acids is 1. The van der Waals surface area contributed by atoms with Crippen LogP contribution in [0.3, 0.4) is 0 Å². The monoisotopic (exact) mass is 321 g/mol. The molecule has 0 bridgehead atoms. The van der Waals surface area contributed by atoms with E-state index in [1.54, 1.807) is 38.4 Å². The fourth-order valence-electron chi connectivity index (χ4n) is 2.98. The van der Waals surface area contributed by atoms with Crippen molar-refractivity contribution < 1.29 is 24.2 Å². The van der Waals surface area contributed by atoms with Gasteiger partial charge in [-0.3, -0.25) is 4.79 Å². The number of likely N-dealkylation sites (N-methyl/N-ethyl adjacent to an activating group) is 1. The second-order valence-electron chi connectivity index (χ2n) is 5.81. The highest BCUT2D eigenvalue weighted by atomic mass is 16.5. The normalized spacial score (nSPS) is 16.4. The molecule has 6 heteroatoms. The second-order valence-corrected chi connectivity index (χ2v) is 5.81. The number of ether oxygens (including phenoxy) is 2. The summed E-state index contributed by atoms with van der Waals surface area (Å²) in [6, 6.07) is 6.90. The molecule has 0 unspecified atom stereocenters. The highest BCUT2D eigenvalue weighted by Gasteiger charge is 2.45. The van der Waals surface area contributed by atoms with Gasteiger partial charge in [0.05, 0.1) is 7.11 Å². The van der Waals surface area contributed by atoms with Crippen molar-refractivity contribution in [3.8, 4) is 11.5 Å². The molecule has 23 heavy (non-hydrogen) atoms. The van der Waals surface area contributed by atoms with E-state index in [4.69, 9.17) is 9.47 Å². The first-order valence-electron chi connectivity index (χ1n) is 7.76. The lowest BCUT2D eigenvalue weighted by Gasteiger charge is -2.40. The van der Waals surface area contributed by atoms with Crippen LogP contribution in [0.4, 0.5) is 0 Å². The summed E-state index contributed by atoms with van der Waals surface area (Å²) in [5, 5.41) is 9.60. The summed E-state index contributed by atoms with van der Waals surface area (Å²) >= 11 is 0. The summed E-state index contributed by atoms with van der Waals surface area (Å²) in [5.41, 5.74) is -1.10. The molecule has 1 aromatic carbocycles. The fourth-order valence-corrected chi connectivity index (χ4v) is 2.98. The third-order valence-corrected chi connectivity index (χ3v) is 4.52. The number of carboxylic acid groups (broad SMARTS) is 1. The molecule has 0 saturated heterocycles. The molecule has 0 spiro atoms. The minimum atomic E-state index is -1.10. The molecular weight excluding hydrogens is 298 g/mol. The van der Waals surface area contributed by atoms with E-state index >= 15 is 0 Å². The Hall–Kier alpha value is -2.24. The van der Waals surface area contributed by atoms with Crippen LogP contribution in [-0.4, -0.2) is 48.2 Å². The number of carbonyl (C=O) groups excluding carboxylic acids is 1. The zero-order valence-electron chi connectivity index (χ0n) is 13.6. The number of aliphatic carboxylic acids is 1. The molecule has 1 fully saturated rings. The minimum absolute atomic E-state index is 0.183. The zero-order valence-corrected chi connectivity index (χ0v) is 13.6. The predicted octanol–water partition coefficient (Wildman–Crippen LogP) is 2.32. The fraction of sp³-hybridized carbons (Fsp3) is 0.529. The van der Waals surface area contributed by atoms with Gasteiger partial charge in [0.2, 0.25) is 0 Å². The van der Waals surface area contributed by atoms with Gasteiger partial charge in [0.1, 0.15) is 17.0 Å². The lowest BCUT2D eigenvalue weighted by Crippen LogP contribution is -2.57. The van der Waals surface area contributed by atoms with Gasteiger partial charge < -0.3 is 19.5 Å². The molecule has 0 atom stereocenters. The molecule has 1 aliphatic carbocycles. The van der Waals surface area contributed by atoms with Crippen LogP contribution in [0.2, 0.25) is 0 Å². The molecule has 1 saturated carbocycles. The van der Waals surface area contributed by atoms with Crippen molar-refractivity contribution in [3.63, 3.8) is 0 Å². The summed E-state index contributed by atoms with van der Waals surface area (Å²) in [6.45, 7) is -0.183. The Morgan fingerprint density at radius 2 is 1.70 bits per heavy atom. The van der Waals surface area contributed by atoms with Crippen molar-refractivity contribution in [2.45, 2.75) is 37.6 Å². The van der Waals surface area contributed by atoms with Gasteiger partial charge in [-0.25, -0.2) is 4.79 Å². The number of amides is 1. The average molecular weight is 321 g/mol. The first-order valence-corrected chi connectivity index (χ1v) is 7.76. The van der Waals surface area contributed by atoms with E-state index in [9.17, 15) is 14.7 Å². The van der Waals surface area contributed by atoms with Gasteiger partial charge in [0, 0.05) is 7.05 Å². The molecule has 1 aliphatic rings. The van der Waals surface area contributed by atoms with E-state index < -0.39 is 11.5 Å². The van der Waals surface area contributed by atoms with Crippen LogP contribution in [0.15, 0.2) is 24.3 Å². The molecule has 0 aromatic heterocycles. The maximum atomic E-state index is 12.4. The Kier molecular flexibility index (Phi) is 5.47. The molecular formula is C17H23NO5. The van der Waals surface area contributed by atoms with Crippen LogP contribution < -0.4 is 9.47 Å². The number of hydrogen-bond acceptors (Lipinski definition) is 4. The third kappa shape index (κ3) is 3.75. The van der Waals surface area contributed by atoms with Crippen LogP contribution in [0.1, 0.15) is 32.1 Å². The number of carbonyl (C=O) groups is 2.